The Kier molecular flexibility index (Phi) is 10.0. The van der Waals surface area contributed by atoms with Crippen molar-refractivity contribution in [2.45, 2.75) is 45.3 Å². The minimum Gasteiger partial charge on any atom is -0.355 e. The van der Waals surface area contributed by atoms with Gasteiger partial charge in [-0.15, -0.1) is 0 Å². The van der Waals surface area contributed by atoms with Crippen molar-refractivity contribution in [3.8, 4) is 0 Å². The molecule has 0 aromatic heterocycles. The van der Waals surface area contributed by atoms with E-state index in [4.69, 9.17) is 0 Å². The van der Waals surface area contributed by atoms with Crippen molar-refractivity contribution in [1.82, 2.24) is 25.8 Å². The SMILES string of the molecule is CCCNC(=O)CN1CCC(NC(=NC)NCc2ccc(F)c(CN(C)C)c2)CC1. The van der Waals surface area contributed by atoms with Crippen LogP contribution in [0, 0.1) is 5.82 Å². The molecule has 8 heteroatoms. The second-order valence-electron chi connectivity index (χ2n) is 8.13. The molecule has 1 heterocycles. The number of carbonyl (C=O) groups excluding carboxylic acids is 1. The predicted octanol–water partition coefficient (Wildman–Crippen LogP) is 1.54. The number of likely N-dealkylation sites (tertiary alicyclic amines) is 1. The van der Waals surface area contributed by atoms with Crippen LogP contribution in [0.2, 0.25) is 0 Å². The Bertz CT molecular complexity index is 701. The van der Waals surface area contributed by atoms with Gasteiger partial charge in [0.05, 0.1) is 6.54 Å². The number of hydrogen-bond acceptors (Lipinski definition) is 4. The molecule has 1 amide bonds. The number of piperidine rings is 1. The number of hydrogen-bond donors (Lipinski definition) is 3. The van der Waals surface area contributed by atoms with Crippen molar-refractivity contribution in [2.75, 3.05) is 47.3 Å². The van der Waals surface area contributed by atoms with Crippen LogP contribution in [0.1, 0.15) is 37.3 Å². The summed E-state index contributed by atoms with van der Waals surface area (Å²) in [6.45, 7) is 6.19. The van der Waals surface area contributed by atoms with Crippen LogP contribution in [-0.4, -0.2) is 75.0 Å². The van der Waals surface area contributed by atoms with Gasteiger partial charge in [0.15, 0.2) is 5.96 Å². The lowest BCUT2D eigenvalue weighted by Gasteiger charge is -2.32. The zero-order valence-corrected chi connectivity index (χ0v) is 18.8. The van der Waals surface area contributed by atoms with Crippen LogP contribution in [0.3, 0.4) is 0 Å². The van der Waals surface area contributed by atoms with E-state index in [0.29, 0.717) is 31.2 Å². The first-order valence-corrected chi connectivity index (χ1v) is 10.8. The largest absolute Gasteiger partial charge is 0.355 e. The molecule has 0 spiro atoms. The van der Waals surface area contributed by atoms with Crippen molar-refractivity contribution >= 4 is 11.9 Å². The van der Waals surface area contributed by atoms with Crippen LogP contribution >= 0.6 is 0 Å². The third kappa shape index (κ3) is 8.28. The molecule has 0 atom stereocenters. The second kappa shape index (κ2) is 12.5. The van der Waals surface area contributed by atoms with Crippen molar-refractivity contribution in [1.29, 1.82) is 0 Å². The molecule has 1 aliphatic heterocycles. The van der Waals surface area contributed by atoms with Gasteiger partial charge >= 0.3 is 0 Å². The maximum Gasteiger partial charge on any atom is 0.234 e. The Morgan fingerprint density at radius 3 is 2.63 bits per heavy atom. The monoisotopic (exact) mass is 420 g/mol. The Morgan fingerprint density at radius 2 is 2.00 bits per heavy atom. The number of halogens is 1. The third-order valence-corrected chi connectivity index (χ3v) is 5.15. The fraction of sp³-hybridized carbons (Fsp3) is 0.636. The first kappa shape index (κ1) is 24.1. The quantitative estimate of drug-likeness (QED) is 0.418. The van der Waals surface area contributed by atoms with Crippen molar-refractivity contribution < 1.29 is 9.18 Å². The summed E-state index contributed by atoms with van der Waals surface area (Å²) in [6, 6.07) is 5.55. The lowest BCUT2D eigenvalue weighted by molar-refractivity contribution is -0.122. The molecule has 7 nitrogen and oxygen atoms in total. The molecule has 1 aromatic carbocycles. The fourth-order valence-electron chi connectivity index (χ4n) is 3.53. The van der Waals surface area contributed by atoms with E-state index in [9.17, 15) is 9.18 Å². The van der Waals surface area contributed by atoms with Crippen molar-refractivity contribution in [3.05, 3.63) is 35.1 Å². The number of nitrogens with zero attached hydrogens (tertiary/aromatic N) is 3. The van der Waals surface area contributed by atoms with Crippen LogP contribution in [-0.2, 0) is 17.9 Å². The first-order chi connectivity index (χ1) is 14.4. The highest BCUT2D eigenvalue weighted by Gasteiger charge is 2.21. The molecule has 0 unspecified atom stereocenters. The molecule has 0 bridgehead atoms. The molecule has 2 rings (SSSR count). The van der Waals surface area contributed by atoms with Gasteiger partial charge in [-0.1, -0.05) is 13.0 Å². The molecule has 0 radical (unpaired) electrons. The number of guanidine groups is 1. The van der Waals surface area contributed by atoms with Crippen LogP contribution in [0.15, 0.2) is 23.2 Å². The van der Waals surface area contributed by atoms with Crippen LogP contribution < -0.4 is 16.0 Å². The van der Waals surface area contributed by atoms with Gasteiger partial charge in [-0.25, -0.2) is 4.39 Å². The zero-order chi connectivity index (χ0) is 21.9. The fourth-order valence-corrected chi connectivity index (χ4v) is 3.53. The topological polar surface area (TPSA) is 72.0 Å². The molecule has 168 valence electrons. The average Bonchev–Trinajstić information content (AvgIpc) is 2.72. The number of rotatable bonds is 9. The van der Waals surface area contributed by atoms with Crippen molar-refractivity contribution in [3.63, 3.8) is 0 Å². The smallest absolute Gasteiger partial charge is 0.234 e. The standard InChI is InChI=1S/C22H37FN6O/c1-5-10-25-21(30)16-29-11-8-19(9-12-29)27-22(24-2)26-14-17-6-7-20(23)18(13-17)15-28(3)4/h6-7,13,19H,5,8-12,14-16H2,1-4H3,(H,25,30)(H2,24,26,27). The summed E-state index contributed by atoms with van der Waals surface area (Å²) in [5, 5.41) is 9.73. The summed E-state index contributed by atoms with van der Waals surface area (Å²) >= 11 is 0. The van der Waals surface area contributed by atoms with E-state index >= 15 is 0 Å². The number of aliphatic imine (C=N–C) groups is 1. The summed E-state index contributed by atoms with van der Waals surface area (Å²) in [7, 11) is 5.61. The van der Waals surface area contributed by atoms with Crippen molar-refractivity contribution in [2.24, 2.45) is 4.99 Å². The Hall–Kier alpha value is -2.19. The van der Waals surface area contributed by atoms with Gasteiger partial charge in [0.25, 0.3) is 0 Å². The maximum absolute atomic E-state index is 14.0. The van der Waals surface area contributed by atoms with E-state index in [-0.39, 0.29) is 11.7 Å². The summed E-state index contributed by atoms with van der Waals surface area (Å²) in [5.74, 6) is 0.673. The molecule has 1 aromatic rings. The molecular formula is C22H37FN6O. The van der Waals surface area contributed by atoms with E-state index in [1.807, 2.05) is 25.1 Å². The van der Waals surface area contributed by atoms with E-state index in [2.05, 4.69) is 32.8 Å². The third-order valence-electron chi connectivity index (χ3n) is 5.15. The maximum atomic E-state index is 14.0. The van der Waals surface area contributed by atoms with Gasteiger partial charge in [0, 0.05) is 51.4 Å². The average molecular weight is 421 g/mol. The predicted molar refractivity (Wildman–Crippen MR) is 120 cm³/mol. The summed E-state index contributed by atoms with van der Waals surface area (Å²) in [5.41, 5.74) is 1.71. The van der Waals surface area contributed by atoms with Gasteiger partial charge in [-0.2, -0.15) is 0 Å². The molecule has 1 aliphatic rings. The summed E-state index contributed by atoms with van der Waals surface area (Å²) in [4.78, 5) is 20.3. The number of nitrogens with one attached hydrogen (secondary N) is 3. The molecule has 30 heavy (non-hydrogen) atoms. The Balaban J connectivity index is 1.77. The highest BCUT2D eigenvalue weighted by atomic mass is 19.1. The minimum atomic E-state index is -0.176. The van der Waals surface area contributed by atoms with E-state index < -0.39 is 0 Å². The summed E-state index contributed by atoms with van der Waals surface area (Å²) in [6.07, 6.45) is 2.88. The van der Waals surface area contributed by atoms with E-state index in [0.717, 1.165) is 50.4 Å². The summed E-state index contributed by atoms with van der Waals surface area (Å²) < 4.78 is 14.0. The van der Waals surface area contributed by atoms with Crippen LogP contribution in [0.5, 0.6) is 0 Å². The number of carbonyl (C=O) groups is 1. The number of amides is 1. The van der Waals surface area contributed by atoms with Gasteiger partial charge in [-0.3, -0.25) is 14.7 Å². The van der Waals surface area contributed by atoms with Crippen LogP contribution in [0.25, 0.3) is 0 Å². The van der Waals surface area contributed by atoms with Gasteiger partial charge in [0.2, 0.25) is 5.91 Å². The van der Waals surface area contributed by atoms with Gasteiger partial charge in [0.1, 0.15) is 5.82 Å². The Morgan fingerprint density at radius 1 is 1.27 bits per heavy atom. The normalized spacial score (nSPS) is 16.0. The molecule has 1 fully saturated rings. The van der Waals surface area contributed by atoms with Gasteiger partial charge < -0.3 is 20.9 Å². The molecule has 3 N–H and O–H groups in total. The highest BCUT2D eigenvalue weighted by molar-refractivity contribution is 5.80. The van der Waals surface area contributed by atoms with Gasteiger partial charge in [-0.05, 0) is 51.1 Å². The Labute approximate surface area is 180 Å². The van der Waals surface area contributed by atoms with Crippen LogP contribution in [0.4, 0.5) is 4.39 Å². The second-order valence-corrected chi connectivity index (χ2v) is 8.13. The highest BCUT2D eigenvalue weighted by Crippen LogP contribution is 2.13. The first-order valence-electron chi connectivity index (χ1n) is 10.8. The minimum absolute atomic E-state index is 0.105. The molecule has 0 saturated carbocycles. The zero-order valence-electron chi connectivity index (χ0n) is 18.8. The lowest BCUT2D eigenvalue weighted by Crippen LogP contribution is -2.50. The van der Waals surface area contributed by atoms with E-state index in [1.54, 1.807) is 13.1 Å². The molecule has 0 aliphatic carbocycles. The number of benzene rings is 1. The van der Waals surface area contributed by atoms with E-state index in [1.165, 1.54) is 6.07 Å². The lowest BCUT2D eigenvalue weighted by atomic mass is 10.1. The molecule has 1 saturated heterocycles. The molecular weight excluding hydrogens is 383 g/mol.